The normalized spacial score (nSPS) is 36.4. The Labute approximate surface area is 302 Å². The van der Waals surface area contributed by atoms with E-state index in [9.17, 15) is 61.0 Å². The van der Waals surface area contributed by atoms with E-state index in [1.165, 1.54) is 49.4 Å². The third kappa shape index (κ3) is 9.72. The molecule has 0 amide bonds. The standard InChI is InChI=1S/C34H44O19/c1-14-24(41)27(44)31(53-32-28(45)25(42)21(39)12-49-32)34(50-14)52-30-26(43)22(13-48-23(40)7-4-15-2-5-17(35)19(37)10-15)51-33(29(30)46)47-9-8-16-3-6-18(36)20(38)11-16/h2-7,10-11,14,21-22,24-39,41-46H,8-9,12-13H2,1H3/t14-,21-,22+,24-,25+,26+,27+,28+,29+,30-,31+,32+,33+,34-/m0/s1. The van der Waals surface area contributed by atoms with Crippen molar-refractivity contribution in [3.63, 3.8) is 0 Å². The molecule has 3 saturated heterocycles. The number of hydrogen-bond donors (Lipinski definition) is 11. The summed E-state index contributed by atoms with van der Waals surface area (Å²) in [5, 5.41) is 113. The van der Waals surface area contributed by atoms with Crippen LogP contribution < -0.4 is 0 Å². The Morgan fingerprint density at radius 1 is 0.736 bits per heavy atom. The van der Waals surface area contributed by atoms with E-state index in [0.29, 0.717) is 11.1 Å². The zero-order valence-corrected chi connectivity index (χ0v) is 28.2. The molecule has 294 valence electrons. The zero-order valence-electron chi connectivity index (χ0n) is 28.2. The number of aliphatic hydroxyl groups excluding tert-OH is 7. The predicted molar refractivity (Wildman–Crippen MR) is 174 cm³/mol. The van der Waals surface area contributed by atoms with Crippen molar-refractivity contribution >= 4 is 12.0 Å². The van der Waals surface area contributed by atoms with Gasteiger partial charge in [-0.2, -0.15) is 0 Å². The Balaban J connectivity index is 1.32. The van der Waals surface area contributed by atoms with Crippen LogP contribution >= 0.6 is 0 Å². The molecule has 0 aromatic heterocycles. The fourth-order valence-corrected chi connectivity index (χ4v) is 5.84. The average Bonchev–Trinajstić information content (AvgIpc) is 3.12. The van der Waals surface area contributed by atoms with Crippen molar-refractivity contribution < 1.29 is 94.1 Å². The van der Waals surface area contributed by atoms with Gasteiger partial charge in [-0.05, 0) is 54.8 Å². The summed E-state index contributed by atoms with van der Waals surface area (Å²) in [7, 11) is 0. The Morgan fingerprint density at radius 2 is 1.42 bits per heavy atom. The molecule has 0 radical (unpaired) electrons. The summed E-state index contributed by atoms with van der Waals surface area (Å²) in [6.45, 7) is 0.188. The number of carbonyl (C=O) groups excluding carboxylic acids is 1. The van der Waals surface area contributed by atoms with Crippen LogP contribution in [0.5, 0.6) is 23.0 Å². The molecular formula is C34H44O19. The molecule has 3 aliphatic rings. The first-order valence-corrected chi connectivity index (χ1v) is 16.6. The van der Waals surface area contributed by atoms with Gasteiger partial charge < -0.3 is 89.3 Å². The lowest BCUT2D eigenvalue weighted by molar-refractivity contribution is -0.381. The second-order valence-electron chi connectivity index (χ2n) is 12.8. The lowest BCUT2D eigenvalue weighted by Gasteiger charge is -2.47. The Bertz CT molecular complexity index is 1560. The first-order chi connectivity index (χ1) is 25.1. The molecule has 53 heavy (non-hydrogen) atoms. The largest absolute Gasteiger partial charge is 0.504 e. The number of rotatable bonds is 12. The third-order valence-electron chi connectivity index (χ3n) is 8.98. The molecule has 19 heteroatoms. The van der Waals surface area contributed by atoms with Gasteiger partial charge in [0, 0.05) is 6.08 Å². The van der Waals surface area contributed by atoms with E-state index in [1.54, 1.807) is 0 Å². The first-order valence-electron chi connectivity index (χ1n) is 16.6. The lowest BCUT2D eigenvalue weighted by Crippen LogP contribution is -2.66. The molecule has 19 nitrogen and oxygen atoms in total. The minimum absolute atomic E-state index is 0.137. The SMILES string of the molecule is C[C@@H]1O[C@@H](O[C@@H]2[C@@H](O)[C@H](OCCc3ccc(O)c(O)c3)O[C@H](COC(=O)C=Cc3ccc(O)c(O)c3)[C@H]2O)[C@H](O[C@H]2OC[C@H](O)[C@@H](O)[C@H]2O)[C@H](O)[C@H]1O. The van der Waals surface area contributed by atoms with Crippen LogP contribution in [0.3, 0.4) is 0 Å². The number of carbonyl (C=O) groups is 1. The molecule has 3 aliphatic heterocycles. The summed E-state index contributed by atoms with van der Waals surface area (Å²) in [6.07, 6.45) is -20.1. The molecule has 0 saturated carbocycles. The number of aliphatic hydroxyl groups is 7. The van der Waals surface area contributed by atoms with Gasteiger partial charge in [0.2, 0.25) is 0 Å². The number of ether oxygens (including phenoxy) is 7. The molecule has 0 spiro atoms. The second kappa shape index (κ2) is 17.6. The van der Waals surface area contributed by atoms with Crippen molar-refractivity contribution in [2.24, 2.45) is 0 Å². The average molecular weight is 757 g/mol. The smallest absolute Gasteiger partial charge is 0.330 e. The van der Waals surface area contributed by atoms with Gasteiger partial charge in [-0.3, -0.25) is 0 Å². The van der Waals surface area contributed by atoms with Crippen molar-refractivity contribution in [1.29, 1.82) is 0 Å². The summed E-state index contributed by atoms with van der Waals surface area (Å²) in [5.41, 5.74) is 0.889. The maximum Gasteiger partial charge on any atom is 0.330 e. The molecule has 0 bridgehead atoms. The van der Waals surface area contributed by atoms with Gasteiger partial charge in [0.15, 0.2) is 41.9 Å². The van der Waals surface area contributed by atoms with Gasteiger partial charge in [-0.25, -0.2) is 4.79 Å². The van der Waals surface area contributed by atoms with E-state index in [-0.39, 0.29) is 30.3 Å². The van der Waals surface area contributed by atoms with Crippen molar-refractivity contribution in [1.82, 2.24) is 0 Å². The highest BCUT2D eigenvalue weighted by molar-refractivity contribution is 5.87. The highest BCUT2D eigenvalue weighted by atomic mass is 16.8. The molecule has 0 aliphatic carbocycles. The summed E-state index contributed by atoms with van der Waals surface area (Å²) < 4.78 is 39.5. The minimum atomic E-state index is -1.80. The summed E-state index contributed by atoms with van der Waals surface area (Å²) >= 11 is 0. The molecule has 14 atom stereocenters. The quantitative estimate of drug-likeness (QED) is 0.0603. The van der Waals surface area contributed by atoms with E-state index >= 15 is 0 Å². The summed E-state index contributed by atoms with van der Waals surface area (Å²) in [4.78, 5) is 12.6. The van der Waals surface area contributed by atoms with Crippen LogP contribution in [-0.2, 0) is 44.4 Å². The van der Waals surface area contributed by atoms with Crippen molar-refractivity contribution in [3.8, 4) is 23.0 Å². The van der Waals surface area contributed by atoms with Crippen LogP contribution in [0.25, 0.3) is 6.08 Å². The van der Waals surface area contributed by atoms with Crippen LogP contribution in [-0.4, -0.2) is 168 Å². The fourth-order valence-electron chi connectivity index (χ4n) is 5.84. The highest BCUT2D eigenvalue weighted by Gasteiger charge is 2.53. The van der Waals surface area contributed by atoms with Gasteiger partial charge in [0.1, 0.15) is 67.6 Å². The van der Waals surface area contributed by atoms with E-state index in [0.717, 1.165) is 6.08 Å². The molecular weight excluding hydrogens is 712 g/mol. The maximum absolute atomic E-state index is 12.6. The van der Waals surface area contributed by atoms with E-state index in [4.69, 9.17) is 33.2 Å². The lowest BCUT2D eigenvalue weighted by atomic mass is 9.97. The summed E-state index contributed by atoms with van der Waals surface area (Å²) in [5.74, 6) is -2.38. The Kier molecular flexibility index (Phi) is 13.5. The molecule has 0 unspecified atom stereocenters. The van der Waals surface area contributed by atoms with Crippen LogP contribution in [0.1, 0.15) is 18.1 Å². The topological polar surface area (TPSA) is 304 Å². The van der Waals surface area contributed by atoms with Gasteiger partial charge in [-0.1, -0.05) is 12.1 Å². The monoisotopic (exact) mass is 756 g/mol. The predicted octanol–water partition coefficient (Wildman–Crippen LogP) is -2.55. The molecule has 3 heterocycles. The maximum atomic E-state index is 12.6. The van der Waals surface area contributed by atoms with E-state index in [2.05, 4.69) is 0 Å². The minimum Gasteiger partial charge on any atom is -0.504 e. The number of esters is 1. The van der Waals surface area contributed by atoms with Crippen molar-refractivity contribution in [2.75, 3.05) is 19.8 Å². The number of aromatic hydroxyl groups is 4. The second-order valence-corrected chi connectivity index (χ2v) is 12.8. The molecule has 5 rings (SSSR count). The number of hydrogen-bond acceptors (Lipinski definition) is 19. The number of phenolic OH excluding ortho intramolecular Hbond substituents is 4. The van der Waals surface area contributed by atoms with Gasteiger partial charge in [0.05, 0.1) is 19.3 Å². The van der Waals surface area contributed by atoms with Crippen LogP contribution in [0.15, 0.2) is 42.5 Å². The molecule has 2 aromatic carbocycles. The van der Waals surface area contributed by atoms with E-state index < -0.39 is 111 Å². The van der Waals surface area contributed by atoms with Crippen molar-refractivity contribution in [3.05, 3.63) is 53.6 Å². The Hall–Kier alpha value is -3.67. The van der Waals surface area contributed by atoms with Gasteiger partial charge in [-0.15, -0.1) is 0 Å². The highest BCUT2D eigenvalue weighted by Crippen LogP contribution is 2.33. The fraction of sp³-hybridized carbons (Fsp3) is 0.559. The molecule has 3 fully saturated rings. The van der Waals surface area contributed by atoms with Crippen LogP contribution in [0, 0.1) is 0 Å². The first kappa shape index (κ1) is 40.5. The number of benzene rings is 2. The number of phenols is 4. The summed E-state index contributed by atoms with van der Waals surface area (Å²) in [6, 6.07) is 7.93. The third-order valence-corrected chi connectivity index (χ3v) is 8.98. The van der Waals surface area contributed by atoms with Crippen molar-refractivity contribution in [2.45, 2.75) is 99.4 Å². The van der Waals surface area contributed by atoms with Gasteiger partial charge in [0.25, 0.3) is 0 Å². The van der Waals surface area contributed by atoms with E-state index in [1.807, 2.05) is 0 Å². The molecule has 2 aromatic rings. The van der Waals surface area contributed by atoms with Crippen LogP contribution in [0.2, 0.25) is 0 Å². The van der Waals surface area contributed by atoms with Gasteiger partial charge >= 0.3 is 5.97 Å². The van der Waals surface area contributed by atoms with Crippen LogP contribution in [0.4, 0.5) is 0 Å². The zero-order chi connectivity index (χ0) is 38.6. The molecule has 11 N–H and O–H groups in total. The Morgan fingerprint density at radius 3 is 2.11 bits per heavy atom.